The van der Waals surface area contributed by atoms with E-state index < -0.39 is 0 Å². The fourth-order valence-corrected chi connectivity index (χ4v) is 2.07. The second-order valence-electron chi connectivity index (χ2n) is 5.82. The molecule has 1 aliphatic rings. The Morgan fingerprint density at radius 2 is 1.75 bits per heavy atom. The van der Waals surface area contributed by atoms with Crippen molar-refractivity contribution in [3.05, 3.63) is 35.4 Å². The van der Waals surface area contributed by atoms with Crippen LogP contribution in [0.1, 0.15) is 50.7 Å². The lowest BCUT2D eigenvalue weighted by Crippen LogP contribution is -2.11. The van der Waals surface area contributed by atoms with Gasteiger partial charge in [-0.3, -0.25) is 0 Å². The molecule has 0 heterocycles. The summed E-state index contributed by atoms with van der Waals surface area (Å²) < 4.78 is 0. The number of nitrogens with zero attached hydrogens (tertiary/aromatic N) is 1. The Balaban J connectivity index is 2.22. The lowest BCUT2D eigenvalue weighted by molar-refractivity contribution is 0.589. The standard InChI is InChI=1S/C15H19N/c1-15(2,3)13-8-6-12(7-9-13)14(10-16)11-4-5-11/h6-9,11,14H,4-5H2,1-3H3. The molecule has 1 heteroatoms. The van der Waals surface area contributed by atoms with Gasteiger partial charge in [0.15, 0.2) is 0 Å². The molecule has 16 heavy (non-hydrogen) atoms. The number of nitriles is 1. The molecular formula is C15H19N. The van der Waals surface area contributed by atoms with Crippen LogP contribution in [0.4, 0.5) is 0 Å². The van der Waals surface area contributed by atoms with Gasteiger partial charge in [-0.25, -0.2) is 0 Å². The average molecular weight is 213 g/mol. The highest BCUT2D eigenvalue weighted by Gasteiger charge is 2.32. The van der Waals surface area contributed by atoms with Crippen LogP contribution in [0, 0.1) is 17.2 Å². The van der Waals surface area contributed by atoms with E-state index in [1.54, 1.807) is 0 Å². The molecule has 0 radical (unpaired) electrons. The van der Waals surface area contributed by atoms with Crippen molar-refractivity contribution in [1.29, 1.82) is 5.26 Å². The summed E-state index contributed by atoms with van der Waals surface area (Å²) in [7, 11) is 0. The van der Waals surface area contributed by atoms with Crippen molar-refractivity contribution < 1.29 is 0 Å². The van der Waals surface area contributed by atoms with E-state index in [1.165, 1.54) is 24.0 Å². The maximum atomic E-state index is 9.17. The molecule has 1 aliphatic carbocycles. The van der Waals surface area contributed by atoms with E-state index in [4.69, 9.17) is 5.26 Å². The zero-order valence-corrected chi connectivity index (χ0v) is 10.3. The van der Waals surface area contributed by atoms with Gasteiger partial charge in [-0.2, -0.15) is 5.26 Å². The summed E-state index contributed by atoms with van der Waals surface area (Å²) in [5.41, 5.74) is 2.72. The molecule has 0 bridgehead atoms. The smallest absolute Gasteiger partial charge is 0.0740 e. The monoisotopic (exact) mass is 213 g/mol. The number of hydrogen-bond donors (Lipinski definition) is 0. The maximum Gasteiger partial charge on any atom is 0.0740 e. The van der Waals surface area contributed by atoms with E-state index in [0.717, 1.165) is 0 Å². The van der Waals surface area contributed by atoms with Gasteiger partial charge in [0, 0.05) is 0 Å². The SMILES string of the molecule is CC(C)(C)c1ccc(C(C#N)C2CC2)cc1. The van der Waals surface area contributed by atoms with E-state index in [1.807, 2.05) is 0 Å². The minimum atomic E-state index is 0.119. The first kappa shape index (κ1) is 11.2. The highest BCUT2D eigenvalue weighted by Crippen LogP contribution is 2.42. The van der Waals surface area contributed by atoms with E-state index in [9.17, 15) is 0 Å². The largest absolute Gasteiger partial charge is 0.198 e. The van der Waals surface area contributed by atoms with E-state index in [2.05, 4.69) is 51.1 Å². The van der Waals surface area contributed by atoms with Gasteiger partial charge < -0.3 is 0 Å². The second kappa shape index (κ2) is 3.94. The van der Waals surface area contributed by atoms with Crippen molar-refractivity contribution in [2.24, 2.45) is 5.92 Å². The first-order valence-electron chi connectivity index (χ1n) is 6.02. The molecule has 0 N–H and O–H groups in total. The third-order valence-electron chi connectivity index (χ3n) is 3.37. The molecule has 1 saturated carbocycles. The molecule has 1 aromatic rings. The van der Waals surface area contributed by atoms with Crippen LogP contribution in [0.3, 0.4) is 0 Å². The van der Waals surface area contributed by atoms with Crippen LogP contribution < -0.4 is 0 Å². The quantitative estimate of drug-likeness (QED) is 0.728. The Morgan fingerprint density at radius 3 is 2.12 bits per heavy atom. The molecule has 2 rings (SSSR count). The Hall–Kier alpha value is -1.29. The summed E-state index contributed by atoms with van der Waals surface area (Å²) in [6.07, 6.45) is 2.44. The van der Waals surface area contributed by atoms with Gasteiger partial charge in [0.05, 0.1) is 12.0 Å². The van der Waals surface area contributed by atoms with Crippen LogP contribution in [0.25, 0.3) is 0 Å². The number of rotatable bonds is 2. The fourth-order valence-electron chi connectivity index (χ4n) is 2.07. The summed E-state index contributed by atoms with van der Waals surface area (Å²) in [5.74, 6) is 0.736. The summed E-state index contributed by atoms with van der Waals surface area (Å²) in [5, 5.41) is 9.17. The van der Waals surface area contributed by atoms with Crippen LogP contribution >= 0.6 is 0 Å². The van der Waals surface area contributed by atoms with Crippen LogP contribution in [0.15, 0.2) is 24.3 Å². The Morgan fingerprint density at radius 1 is 1.19 bits per heavy atom. The van der Waals surface area contributed by atoms with E-state index >= 15 is 0 Å². The van der Waals surface area contributed by atoms with Crippen molar-refractivity contribution in [1.82, 2.24) is 0 Å². The molecule has 0 saturated heterocycles. The van der Waals surface area contributed by atoms with Gasteiger partial charge in [-0.15, -0.1) is 0 Å². The van der Waals surface area contributed by atoms with Crippen LogP contribution in [0.2, 0.25) is 0 Å². The predicted molar refractivity (Wildman–Crippen MR) is 66.2 cm³/mol. The first-order valence-corrected chi connectivity index (χ1v) is 6.02. The first-order chi connectivity index (χ1) is 7.52. The summed E-state index contributed by atoms with van der Waals surface area (Å²) in [4.78, 5) is 0. The Kier molecular flexibility index (Phi) is 2.76. The summed E-state index contributed by atoms with van der Waals surface area (Å²) in [6.45, 7) is 6.64. The lowest BCUT2D eigenvalue weighted by Gasteiger charge is -2.19. The minimum Gasteiger partial charge on any atom is -0.198 e. The molecule has 0 amide bonds. The van der Waals surface area contributed by atoms with Crippen LogP contribution in [-0.4, -0.2) is 0 Å². The van der Waals surface area contributed by atoms with Crippen molar-refractivity contribution in [2.75, 3.05) is 0 Å². The summed E-state index contributed by atoms with van der Waals surface area (Å²) in [6, 6.07) is 11.0. The maximum absolute atomic E-state index is 9.17. The molecule has 1 unspecified atom stereocenters. The van der Waals surface area contributed by atoms with Gasteiger partial charge in [0.25, 0.3) is 0 Å². The summed E-state index contributed by atoms with van der Waals surface area (Å²) >= 11 is 0. The van der Waals surface area contributed by atoms with Gasteiger partial charge in [-0.1, -0.05) is 45.0 Å². The number of hydrogen-bond acceptors (Lipinski definition) is 1. The topological polar surface area (TPSA) is 23.8 Å². The Bertz CT molecular complexity index is 399. The zero-order chi connectivity index (χ0) is 11.8. The molecule has 1 atom stereocenters. The van der Waals surface area contributed by atoms with Gasteiger partial charge in [0.2, 0.25) is 0 Å². The fraction of sp³-hybridized carbons (Fsp3) is 0.533. The van der Waals surface area contributed by atoms with Crippen molar-refractivity contribution in [3.8, 4) is 6.07 Å². The Labute approximate surface area is 98.1 Å². The number of benzene rings is 1. The van der Waals surface area contributed by atoms with Crippen molar-refractivity contribution in [2.45, 2.75) is 44.9 Å². The van der Waals surface area contributed by atoms with Crippen LogP contribution in [0.5, 0.6) is 0 Å². The van der Waals surface area contributed by atoms with E-state index in [0.29, 0.717) is 5.92 Å². The van der Waals surface area contributed by atoms with E-state index in [-0.39, 0.29) is 11.3 Å². The molecule has 0 spiro atoms. The normalized spacial score (nSPS) is 17.9. The second-order valence-corrected chi connectivity index (χ2v) is 5.82. The molecule has 0 aromatic heterocycles. The third-order valence-corrected chi connectivity index (χ3v) is 3.37. The zero-order valence-electron chi connectivity index (χ0n) is 10.3. The highest BCUT2D eigenvalue weighted by atomic mass is 14.4. The van der Waals surface area contributed by atoms with Gasteiger partial charge in [-0.05, 0) is 35.3 Å². The molecule has 1 nitrogen and oxygen atoms in total. The minimum absolute atomic E-state index is 0.119. The van der Waals surface area contributed by atoms with Crippen molar-refractivity contribution >= 4 is 0 Å². The highest BCUT2D eigenvalue weighted by molar-refractivity contribution is 5.33. The van der Waals surface area contributed by atoms with Crippen molar-refractivity contribution in [3.63, 3.8) is 0 Å². The predicted octanol–water partition coefficient (Wildman–Crippen LogP) is 4.00. The molecule has 1 aromatic carbocycles. The molecular weight excluding hydrogens is 194 g/mol. The molecule has 84 valence electrons. The van der Waals surface area contributed by atoms with Crippen LogP contribution in [-0.2, 0) is 5.41 Å². The molecule has 0 aliphatic heterocycles. The van der Waals surface area contributed by atoms with Gasteiger partial charge >= 0.3 is 0 Å². The lowest BCUT2D eigenvalue weighted by atomic mass is 9.85. The van der Waals surface area contributed by atoms with Gasteiger partial charge in [0.1, 0.15) is 0 Å². The third kappa shape index (κ3) is 2.27. The average Bonchev–Trinajstić information content (AvgIpc) is 3.03. The molecule has 1 fully saturated rings.